The highest BCUT2D eigenvalue weighted by Crippen LogP contribution is 2.29. The molecule has 0 aromatic heterocycles. The first-order chi connectivity index (χ1) is 15.1. The molecule has 8 nitrogen and oxygen atoms in total. The maximum atomic E-state index is 12.6. The number of benzene rings is 1. The second kappa shape index (κ2) is 11.7. The van der Waals surface area contributed by atoms with Crippen LogP contribution in [0.5, 0.6) is 0 Å². The molecule has 0 atom stereocenters. The molecule has 2 rings (SSSR count). The lowest BCUT2D eigenvalue weighted by Crippen LogP contribution is -2.56. The Bertz CT molecular complexity index is 752. The topological polar surface area (TPSA) is 94.2 Å². The molecule has 1 aromatic carbocycles. The van der Waals surface area contributed by atoms with E-state index in [-0.39, 0.29) is 25.1 Å². The number of likely N-dealkylation sites (tertiary alicyclic amines) is 1. The molecule has 32 heavy (non-hydrogen) atoms. The van der Waals surface area contributed by atoms with E-state index in [4.69, 9.17) is 14.2 Å². The number of ether oxygens (including phenoxy) is 3. The van der Waals surface area contributed by atoms with E-state index in [2.05, 4.69) is 5.32 Å². The van der Waals surface area contributed by atoms with Gasteiger partial charge < -0.3 is 24.4 Å². The van der Waals surface area contributed by atoms with Crippen LogP contribution in [0.25, 0.3) is 0 Å². The number of alkyl carbamates (subject to hydrolysis) is 1. The minimum Gasteiger partial charge on any atom is -0.466 e. The molecule has 0 aliphatic carbocycles. The van der Waals surface area contributed by atoms with Gasteiger partial charge in [0.15, 0.2) is 0 Å². The van der Waals surface area contributed by atoms with Gasteiger partial charge in [0.25, 0.3) is 0 Å². The molecule has 1 saturated heterocycles. The maximum Gasteiger partial charge on any atom is 0.410 e. The van der Waals surface area contributed by atoms with Crippen molar-refractivity contribution in [1.82, 2.24) is 10.2 Å². The Morgan fingerprint density at radius 3 is 2.31 bits per heavy atom. The van der Waals surface area contributed by atoms with Crippen molar-refractivity contribution < 1.29 is 28.6 Å². The Labute approximate surface area is 190 Å². The highest BCUT2D eigenvalue weighted by Gasteiger charge is 2.38. The van der Waals surface area contributed by atoms with E-state index in [1.807, 2.05) is 51.1 Å². The summed E-state index contributed by atoms with van der Waals surface area (Å²) in [6.07, 6.45) is 1.69. The molecule has 8 heteroatoms. The van der Waals surface area contributed by atoms with Gasteiger partial charge in [-0.3, -0.25) is 4.79 Å². The Kier molecular flexibility index (Phi) is 9.35. The van der Waals surface area contributed by atoms with Crippen LogP contribution in [0.2, 0.25) is 0 Å². The summed E-state index contributed by atoms with van der Waals surface area (Å²) in [5.41, 5.74) is -0.220. The second-order valence-electron chi connectivity index (χ2n) is 9.09. The molecule has 178 valence electrons. The number of carbonyl (C=O) groups is 3. The first-order valence-corrected chi connectivity index (χ1v) is 11.2. The summed E-state index contributed by atoms with van der Waals surface area (Å²) in [5.74, 6) is -0.250. The van der Waals surface area contributed by atoms with Crippen molar-refractivity contribution in [3.63, 3.8) is 0 Å². The van der Waals surface area contributed by atoms with Crippen LogP contribution in [0.15, 0.2) is 30.3 Å². The van der Waals surface area contributed by atoms with E-state index >= 15 is 0 Å². The Balaban J connectivity index is 1.96. The molecule has 1 fully saturated rings. The fourth-order valence-electron chi connectivity index (χ4n) is 3.66. The predicted octanol–water partition coefficient (Wildman–Crippen LogP) is 4.42. The fourth-order valence-corrected chi connectivity index (χ4v) is 3.66. The van der Waals surface area contributed by atoms with Crippen LogP contribution in [-0.4, -0.2) is 53.9 Å². The highest BCUT2D eigenvalue weighted by molar-refractivity contribution is 5.70. The lowest BCUT2D eigenvalue weighted by atomic mass is 9.83. The number of hydrogen-bond acceptors (Lipinski definition) is 6. The summed E-state index contributed by atoms with van der Waals surface area (Å²) in [4.78, 5) is 38.4. The van der Waals surface area contributed by atoms with Crippen molar-refractivity contribution in [3.8, 4) is 0 Å². The van der Waals surface area contributed by atoms with Gasteiger partial charge in [-0.2, -0.15) is 0 Å². The van der Waals surface area contributed by atoms with E-state index in [0.29, 0.717) is 45.4 Å². The number of nitrogens with one attached hydrogen (secondary N) is 1. The minimum atomic E-state index is -0.565. The van der Waals surface area contributed by atoms with Crippen LogP contribution in [0, 0.1) is 0 Å². The molecule has 0 spiro atoms. The van der Waals surface area contributed by atoms with Crippen molar-refractivity contribution in [2.24, 2.45) is 0 Å². The number of carbonyl (C=O) groups excluding carboxylic acids is 3. The molecule has 1 aromatic rings. The number of esters is 1. The molecule has 1 N–H and O–H groups in total. The second-order valence-corrected chi connectivity index (χ2v) is 9.09. The molecule has 1 aliphatic heterocycles. The maximum absolute atomic E-state index is 12.6. The third-order valence-electron chi connectivity index (χ3n) is 5.29. The van der Waals surface area contributed by atoms with Gasteiger partial charge in [0.1, 0.15) is 12.2 Å². The molecule has 1 heterocycles. The first-order valence-electron chi connectivity index (χ1n) is 11.2. The third-order valence-corrected chi connectivity index (χ3v) is 5.29. The van der Waals surface area contributed by atoms with E-state index < -0.39 is 17.2 Å². The lowest BCUT2D eigenvalue weighted by Gasteiger charge is -2.42. The minimum absolute atomic E-state index is 0.176. The van der Waals surface area contributed by atoms with Crippen LogP contribution in [0.1, 0.15) is 65.4 Å². The largest absolute Gasteiger partial charge is 0.466 e. The molecule has 2 amide bonds. The Morgan fingerprint density at radius 1 is 1.06 bits per heavy atom. The van der Waals surface area contributed by atoms with Gasteiger partial charge in [0.05, 0.1) is 6.61 Å². The average Bonchev–Trinajstić information content (AvgIpc) is 2.72. The van der Waals surface area contributed by atoms with Gasteiger partial charge in [-0.05, 0) is 58.9 Å². The normalized spacial score (nSPS) is 15.6. The number of amides is 2. The van der Waals surface area contributed by atoms with Crippen LogP contribution in [-0.2, 0) is 25.6 Å². The van der Waals surface area contributed by atoms with Crippen LogP contribution < -0.4 is 5.32 Å². The van der Waals surface area contributed by atoms with Crippen molar-refractivity contribution >= 4 is 18.2 Å². The van der Waals surface area contributed by atoms with Gasteiger partial charge in [0.2, 0.25) is 0 Å². The van der Waals surface area contributed by atoms with Gasteiger partial charge in [-0.15, -0.1) is 0 Å². The van der Waals surface area contributed by atoms with E-state index in [1.54, 1.807) is 11.8 Å². The quantitative estimate of drug-likeness (QED) is 0.467. The Morgan fingerprint density at radius 2 is 1.72 bits per heavy atom. The summed E-state index contributed by atoms with van der Waals surface area (Å²) in [7, 11) is 0. The zero-order chi connectivity index (χ0) is 23.6. The van der Waals surface area contributed by atoms with Crippen LogP contribution in [0.4, 0.5) is 9.59 Å². The average molecular weight is 449 g/mol. The number of hydrogen-bond donors (Lipinski definition) is 1. The zero-order valence-corrected chi connectivity index (χ0v) is 19.6. The SMILES string of the molecule is CCOC(=O)CCCC1(NC(=O)OCc2ccccc2)CCN(C(=O)OC(C)(C)C)CC1. The van der Waals surface area contributed by atoms with Crippen molar-refractivity contribution in [2.45, 2.75) is 77.5 Å². The Hall–Kier alpha value is -2.77. The summed E-state index contributed by atoms with van der Waals surface area (Å²) < 4.78 is 15.9. The molecular weight excluding hydrogens is 412 g/mol. The van der Waals surface area contributed by atoms with Crippen molar-refractivity contribution in [1.29, 1.82) is 0 Å². The molecule has 1 aliphatic rings. The van der Waals surface area contributed by atoms with E-state index in [1.165, 1.54) is 0 Å². The standard InChI is InChI=1S/C24H36N2O6/c1-5-30-20(27)12-9-13-24(25-21(28)31-18-19-10-7-6-8-11-19)14-16-26(17-15-24)22(29)32-23(2,3)4/h6-8,10-11H,5,9,12-18H2,1-4H3,(H,25,28). The molecule has 0 radical (unpaired) electrons. The van der Waals surface area contributed by atoms with Gasteiger partial charge >= 0.3 is 18.2 Å². The monoisotopic (exact) mass is 448 g/mol. The van der Waals surface area contributed by atoms with E-state index in [0.717, 1.165) is 5.56 Å². The number of nitrogens with zero attached hydrogens (tertiary/aromatic N) is 1. The summed E-state index contributed by atoms with van der Waals surface area (Å²) in [6.45, 7) is 8.70. The van der Waals surface area contributed by atoms with Gasteiger partial charge in [-0.1, -0.05) is 30.3 Å². The smallest absolute Gasteiger partial charge is 0.410 e. The number of rotatable bonds is 8. The molecular formula is C24H36N2O6. The molecule has 0 bridgehead atoms. The van der Waals surface area contributed by atoms with Gasteiger partial charge in [-0.25, -0.2) is 9.59 Å². The summed E-state index contributed by atoms with van der Waals surface area (Å²) in [6, 6.07) is 9.46. The van der Waals surface area contributed by atoms with Crippen molar-refractivity contribution in [2.75, 3.05) is 19.7 Å². The van der Waals surface area contributed by atoms with Gasteiger partial charge in [0, 0.05) is 25.0 Å². The summed E-state index contributed by atoms with van der Waals surface area (Å²) >= 11 is 0. The van der Waals surface area contributed by atoms with Crippen LogP contribution >= 0.6 is 0 Å². The zero-order valence-electron chi connectivity index (χ0n) is 19.6. The molecule has 0 saturated carbocycles. The van der Waals surface area contributed by atoms with Crippen LogP contribution in [0.3, 0.4) is 0 Å². The fraction of sp³-hybridized carbons (Fsp3) is 0.625. The van der Waals surface area contributed by atoms with Crippen molar-refractivity contribution in [3.05, 3.63) is 35.9 Å². The highest BCUT2D eigenvalue weighted by atomic mass is 16.6. The number of piperidine rings is 1. The van der Waals surface area contributed by atoms with E-state index in [9.17, 15) is 14.4 Å². The first kappa shape index (κ1) is 25.5. The molecule has 0 unspecified atom stereocenters. The summed E-state index contributed by atoms with van der Waals surface area (Å²) in [5, 5.41) is 3.02. The predicted molar refractivity (Wildman–Crippen MR) is 120 cm³/mol. The lowest BCUT2D eigenvalue weighted by molar-refractivity contribution is -0.143. The third kappa shape index (κ3) is 8.77.